The Hall–Kier alpha value is -3.19. The molecule has 0 radical (unpaired) electrons. The standard InChI is InChI=1S/C26H23ClN4OS/c27-17-8-9-18-20(10-11-29-22(18)16-17)30-14-12-28-13-15-31-21-5-3-7-24-25(21)26(32)19-4-1-2-6-23(19)33-24/h1-11,16,28,31H,12-15H2,(H,29,30). The van der Waals surface area contributed by atoms with Crippen LogP contribution in [0.25, 0.3) is 31.1 Å². The smallest absolute Gasteiger partial charge is 0.197 e. The van der Waals surface area contributed by atoms with E-state index in [1.165, 1.54) is 0 Å². The number of nitrogens with one attached hydrogen (secondary N) is 3. The fraction of sp³-hybridized carbons (Fsp3) is 0.154. The molecule has 0 fully saturated rings. The fourth-order valence-electron chi connectivity index (χ4n) is 3.97. The molecule has 0 aliphatic rings. The van der Waals surface area contributed by atoms with Crippen LogP contribution in [0.1, 0.15) is 0 Å². The van der Waals surface area contributed by atoms with Crippen molar-refractivity contribution in [3.8, 4) is 0 Å². The van der Waals surface area contributed by atoms with Gasteiger partial charge in [0.05, 0.1) is 10.9 Å². The molecule has 0 amide bonds. The van der Waals surface area contributed by atoms with Crippen molar-refractivity contribution in [3.05, 3.63) is 88.2 Å². The van der Waals surface area contributed by atoms with Crippen molar-refractivity contribution in [2.45, 2.75) is 0 Å². The molecule has 5 aromatic rings. The van der Waals surface area contributed by atoms with Gasteiger partial charge < -0.3 is 16.0 Å². The maximum atomic E-state index is 13.1. The van der Waals surface area contributed by atoms with Crippen LogP contribution in [0, 0.1) is 0 Å². The van der Waals surface area contributed by atoms with Crippen molar-refractivity contribution < 1.29 is 0 Å². The summed E-state index contributed by atoms with van der Waals surface area (Å²) in [5, 5.41) is 13.6. The number of fused-ring (bicyclic) bond motifs is 3. The topological polar surface area (TPSA) is 66.1 Å². The normalized spacial score (nSPS) is 11.3. The van der Waals surface area contributed by atoms with E-state index in [2.05, 4.69) is 20.9 Å². The summed E-state index contributed by atoms with van der Waals surface area (Å²) in [5.74, 6) is 0. The molecule has 0 spiro atoms. The molecule has 0 saturated heterocycles. The van der Waals surface area contributed by atoms with Crippen molar-refractivity contribution in [3.63, 3.8) is 0 Å². The van der Waals surface area contributed by atoms with Crippen molar-refractivity contribution >= 4 is 65.4 Å². The molecule has 5 nitrogen and oxygen atoms in total. The molecule has 0 aliphatic heterocycles. The van der Waals surface area contributed by atoms with E-state index < -0.39 is 0 Å². The number of nitrogens with zero attached hydrogens (tertiary/aromatic N) is 1. The minimum absolute atomic E-state index is 0.0884. The first-order valence-corrected chi connectivity index (χ1v) is 12.1. The van der Waals surface area contributed by atoms with E-state index >= 15 is 0 Å². The number of rotatable bonds is 8. The second kappa shape index (κ2) is 9.75. The molecule has 0 unspecified atom stereocenters. The van der Waals surface area contributed by atoms with Gasteiger partial charge in [-0.05, 0) is 48.5 Å². The van der Waals surface area contributed by atoms with E-state index in [0.717, 1.165) is 68.6 Å². The Morgan fingerprint density at radius 3 is 2.45 bits per heavy atom. The Kier molecular flexibility index (Phi) is 6.39. The first-order chi connectivity index (χ1) is 16.2. The van der Waals surface area contributed by atoms with Gasteiger partial charge in [0, 0.05) is 68.9 Å². The number of hydrogen-bond acceptors (Lipinski definition) is 6. The minimum atomic E-state index is 0.0884. The van der Waals surface area contributed by atoms with Crippen molar-refractivity contribution in [1.29, 1.82) is 0 Å². The Bertz CT molecular complexity index is 1500. The molecular formula is C26H23ClN4OS. The third-order valence-electron chi connectivity index (χ3n) is 5.54. The molecule has 0 aliphatic carbocycles. The average Bonchev–Trinajstić information content (AvgIpc) is 2.83. The summed E-state index contributed by atoms with van der Waals surface area (Å²) >= 11 is 7.72. The van der Waals surface area contributed by atoms with Gasteiger partial charge in [0.15, 0.2) is 5.43 Å². The van der Waals surface area contributed by atoms with Crippen LogP contribution in [-0.2, 0) is 0 Å². The lowest BCUT2D eigenvalue weighted by Gasteiger charge is -2.12. The summed E-state index contributed by atoms with van der Waals surface area (Å²) in [6.45, 7) is 3.12. The number of halogens is 1. The van der Waals surface area contributed by atoms with Gasteiger partial charge in [-0.25, -0.2) is 0 Å². The second-order valence-corrected chi connectivity index (χ2v) is 9.25. The zero-order valence-electron chi connectivity index (χ0n) is 17.9. The molecule has 166 valence electrons. The van der Waals surface area contributed by atoms with Crippen LogP contribution < -0.4 is 21.4 Å². The number of anilines is 2. The Morgan fingerprint density at radius 1 is 0.788 bits per heavy atom. The number of hydrogen-bond donors (Lipinski definition) is 3. The highest BCUT2D eigenvalue weighted by atomic mass is 35.5. The van der Waals surface area contributed by atoms with Gasteiger partial charge in [-0.15, -0.1) is 11.3 Å². The second-order valence-electron chi connectivity index (χ2n) is 7.73. The molecule has 0 atom stereocenters. The highest BCUT2D eigenvalue weighted by Crippen LogP contribution is 2.28. The summed E-state index contributed by atoms with van der Waals surface area (Å²) in [7, 11) is 0. The zero-order valence-corrected chi connectivity index (χ0v) is 19.5. The SMILES string of the molecule is O=c1c2ccccc2sc2cccc(NCCNCCNc3ccnc4cc(Cl)ccc34)c12. The van der Waals surface area contributed by atoms with E-state index in [0.29, 0.717) is 5.02 Å². The van der Waals surface area contributed by atoms with Gasteiger partial charge in [-0.2, -0.15) is 0 Å². The Balaban J connectivity index is 1.16. The zero-order chi connectivity index (χ0) is 22.6. The van der Waals surface area contributed by atoms with Crippen molar-refractivity contribution in [2.75, 3.05) is 36.8 Å². The lowest BCUT2D eigenvalue weighted by Crippen LogP contribution is -2.27. The van der Waals surface area contributed by atoms with Crippen LogP contribution in [0.5, 0.6) is 0 Å². The van der Waals surface area contributed by atoms with Crippen LogP contribution >= 0.6 is 22.9 Å². The summed E-state index contributed by atoms with van der Waals surface area (Å²) < 4.78 is 2.03. The summed E-state index contributed by atoms with van der Waals surface area (Å²) in [6, 6.07) is 21.5. The number of pyridine rings is 1. The highest BCUT2D eigenvalue weighted by molar-refractivity contribution is 7.24. The molecule has 7 heteroatoms. The van der Waals surface area contributed by atoms with Gasteiger partial charge in [0.1, 0.15) is 0 Å². The first-order valence-electron chi connectivity index (χ1n) is 10.9. The summed E-state index contributed by atoms with van der Waals surface area (Å²) in [4.78, 5) is 17.4. The predicted octanol–water partition coefficient (Wildman–Crippen LogP) is 5.73. The first kappa shape index (κ1) is 21.6. The molecule has 3 aromatic carbocycles. The molecule has 2 aromatic heterocycles. The van der Waals surface area contributed by atoms with Gasteiger partial charge >= 0.3 is 0 Å². The lowest BCUT2D eigenvalue weighted by molar-refractivity contribution is 0.719. The summed E-state index contributed by atoms with van der Waals surface area (Å²) in [5.41, 5.74) is 2.90. The quantitative estimate of drug-likeness (QED) is 0.198. The maximum Gasteiger partial charge on any atom is 0.197 e. The van der Waals surface area contributed by atoms with Crippen LogP contribution in [0.2, 0.25) is 5.02 Å². The van der Waals surface area contributed by atoms with Gasteiger partial charge in [-0.1, -0.05) is 29.8 Å². The molecule has 0 bridgehead atoms. The van der Waals surface area contributed by atoms with Crippen LogP contribution in [0.3, 0.4) is 0 Å². The molecule has 2 heterocycles. The molecule has 3 N–H and O–H groups in total. The van der Waals surface area contributed by atoms with Crippen molar-refractivity contribution in [1.82, 2.24) is 10.3 Å². The number of aromatic nitrogens is 1. The monoisotopic (exact) mass is 474 g/mol. The minimum Gasteiger partial charge on any atom is -0.383 e. The highest BCUT2D eigenvalue weighted by Gasteiger charge is 2.09. The molecule has 33 heavy (non-hydrogen) atoms. The maximum absolute atomic E-state index is 13.1. The third-order valence-corrected chi connectivity index (χ3v) is 6.92. The van der Waals surface area contributed by atoms with Gasteiger partial charge in [0.25, 0.3) is 0 Å². The summed E-state index contributed by atoms with van der Waals surface area (Å²) in [6.07, 6.45) is 1.79. The van der Waals surface area contributed by atoms with E-state index in [9.17, 15) is 4.79 Å². The van der Waals surface area contributed by atoms with Gasteiger partial charge in [0.2, 0.25) is 0 Å². The Labute approximate surface area is 200 Å². The van der Waals surface area contributed by atoms with E-state index in [-0.39, 0.29) is 5.43 Å². The third kappa shape index (κ3) is 4.64. The van der Waals surface area contributed by atoms with E-state index in [1.54, 1.807) is 17.5 Å². The van der Waals surface area contributed by atoms with Gasteiger partial charge in [-0.3, -0.25) is 9.78 Å². The van der Waals surface area contributed by atoms with E-state index in [1.807, 2.05) is 66.7 Å². The lowest BCUT2D eigenvalue weighted by atomic mass is 10.1. The Morgan fingerprint density at radius 2 is 1.58 bits per heavy atom. The van der Waals surface area contributed by atoms with Crippen LogP contribution in [-0.4, -0.2) is 31.2 Å². The fourth-order valence-corrected chi connectivity index (χ4v) is 5.24. The van der Waals surface area contributed by atoms with E-state index in [4.69, 9.17) is 11.6 Å². The van der Waals surface area contributed by atoms with Crippen molar-refractivity contribution in [2.24, 2.45) is 0 Å². The molecule has 5 rings (SSSR count). The largest absolute Gasteiger partial charge is 0.383 e. The number of benzene rings is 3. The molecule has 0 saturated carbocycles. The van der Waals surface area contributed by atoms with Crippen LogP contribution in [0.15, 0.2) is 77.7 Å². The average molecular weight is 475 g/mol. The molecular weight excluding hydrogens is 452 g/mol. The van der Waals surface area contributed by atoms with Crippen LogP contribution in [0.4, 0.5) is 11.4 Å². The predicted molar refractivity (Wildman–Crippen MR) is 142 cm³/mol.